The van der Waals surface area contributed by atoms with Crippen LogP contribution >= 0.6 is 0 Å². The van der Waals surface area contributed by atoms with Gasteiger partial charge in [-0.05, 0) is 23.6 Å². The van der Waals surface area contributed by atoms with Crippen molar-refractivity contribution in [1.82, 2.24) is 4.90 Å². The summed E-state index contributed by atoms with van der Waals surface area (Å²) in [7, 11) is 1.61. The predicted octanol–water partition coefficient (Wildman–Crippen LogP) is 1.19. The number of fused-ring (bicyclic) bond motifs is 1. The van der Waals surface area contributed by atoms with Crippen molar-refractivity contribution in [3.8, 4) is 0 Å². The molecule has 0 unspecified atom stereocenters. The number of nitrogen functional groups attached to an aromatic ring is 1. The molecule has 1 aliphatic rings. The maximum absolute atomic E-state index is 11.9. The fraction of sp³-hybridized carbons (Fsp3) is 0.462. The van der Waals surface area contributed by atoms with Crippen molar-refractivity contribution in [2.75, 3.05) is 26.0 Å². The first kappa shape index (κ1) is 11.9. The second kappa shape index (κ2) is 5.19. The largest absolute Gasteiger partial charge is 0.398 e. The highest BCUT2D eigenvalue weighted by atomic mass is 16.5. The normalized spacial score (nSPS) is 14.5. The summed E-state index contributed by atoms with van der Waals surface area (Å²) in [6.45, 7) is 1.88. The summed E-state index contributed by atoms with van der Waals surface area (Å²) < 4.78 is 4.92. The number of hydrogen-bond acceptors (Lipinski definition) is 3. The summed E-state index contributed by atoms with van der Waals surface area (Å²) in [6.07, 6.45) is 1.33. The molecule has 2 rings (SSSR count). The van der Waals surface area contributed by atoms with Gasteiger partial charge in [0.05, 0.1) is 13.0 Å². The maximum atomic E-state index is 11.9. The molecule has 4 nitrogen and oxygen atoms in total. The van der Waals surface area contributed by atoms with Gasteiger partial charge in [-0.15, -0.1) is 0 Å². The van der Waals surface area contributed by atoms with E-state index in [9.17, 15) is 4.79 Å². The zero-order valence-corrected chi connectivity index (χ0v) is 10.1. The van der Waals surface area contributed by atoms with Crippen LogP contribution in [0.4, 0.5) is 5.69 Å². The Morgan fingerprint density at radius 3 is 3.12 bits per heavy atom. The highest BCUT2D eigenvalue weighted by molar-refractivity contribution is 5.77. The molecule has 0 aromatic heterocycles. The lowest BCUT2D eigenvalue weighted by Gasteiger charge is -2.29. The zero-order valence-electron chi connectivity index (χ0n) is 10.1. The van der Waals surface area contributed by atoms with Gasteiger partial charge in [0.15, 0.2) is 0 Å². The van der Waals surface area contributed by atoms with E-state index in [1.54, 1.807) is 7.11 Å². The SMILES string of the molecule is COCCC(=O)N1CCc2cccc(N)c2C1. The molecule has 92 valence electrons. The standard InChI is InChI=1S/C13H18N2O2/c1-17-8-6-13(16)15-7-5-10-3-2-4-12(14)11(10)9-15/h2-4H,5-9,14H2,1H3. The minimum absolute atomic E-state index is 0.140. The summed E-state index contributed by atoms with van der Waals surface area (Å²) >= 11 is 0. The molecule has 0 bridgehead atoms. The number of hydrogen-bond donors (Lipinski definition) is 1. The molecule has 0 saturated carbocycles. The number of benzene rings is 1. The van der Waals surface area contributed by atoms with Gasteiger partial charge in [0.2, 0.25) is 5.91 Å². The first-order valence-electron chi connectivity index (χ1n) is 5.85. The Morgan fingerprint density at radius 1 is 1.53 bits per heavy atom. The number of nitrogens with two attached hydrogens (primary N) is 1. The second-order valence-electron chi connectivity index (χ2n) is 4.29. The number of ether oxygens (including phenoxy) is 1. The number of amides is 1. The van der Waals surface area contributed by atoms with E-state index in [1.807, 2.05) is 17.0 Å². The molecule has 0 atom stereocenters. The van der Waals surface area contributed by atoms with Gasteiger partial charge >= 0.3 is 0 Å². The monoisotopic (exact) mass is 234 g/mol. The van der Waals surface area contributed by atoms with Gasteiger partial charge in [-0.2, -0.15) is 0 Å². The Balaban J connectivity index is 2.07. The number of anilines is 1. The molecule has 0 saturated heterocycles. The van der Waals surface area contributed by atoms with Gasteiger partial charge in [0.25, 0.3) is 0 Å². The summed E-state index contributed by atoms with van der Waals surface area (Å²) in [6, 6.07) is 5.95. The van der Waals surface area contributed by atoms with Crippen molar-refractivity contribution in [2.24, 2.45) is 0 Å². The molecule has 1 aliphatic heterocycles. The van der Waals surface area contributed by atoms with Crippen LogP contribution in [0.3, 0.4) is 0 Å². The van der Waals surface area contributed by atoms with Gasteiger partial charge in [-0.3, -0.25) is 4.79 Å². The van der Waals surface area contributed by atoms with Gasteiger partial charge in [0, 0.05) is 25.9 Å². The molecular weight excluding hydrogens is 216 g/mol. The highest BCUT2D eigenvalue weighted by Gasteiger charge is 2.21. The average Bonchev–Trinajstić information content (AvgIpc) is 2.36. The summed E-state index contributed by atoms with van der Waals surface area (Å²) in [5.74, 6) is 0.140. The van der Waals surface area contributed by atoms with Crippen molar-refractivity contribution in [3.05, 3.63) is 29.3 Å². The van der Waals surface area contributed by atoms with Crippen LogP contribution in [0, 0.1) is 0 Å². The number of methoxy groups -OCH3 is 1. The van der Waals surface area contributed by atoms with Crippen LogP contribution in [0.1, 0.15) is 17.5 Å². The van der Waals surface area contributed by atoms with Crippen LogP contribution < -0.4 is 5.73 Å². The van der Waals surface area contributed by atoms with Crippen LogP contribution in [0.25, 0.3) is 0 Å². The van der Waals surface area contributed by atoms with Gasteiger partial charge < -0.3 is 15.4 Å². The smallest absolute Gasteiger partial charge is 0.225 e. The van der Waals surface area contributed by atoms with Gasteiger partial charge in [-0.25, -0.2) is 0 Å². The Morgan fingerprint density at radius 2 is 2.35 bits per heavy atom. The zero-order chi connectivity index (χ0) is 12.3. The maximum Gasteiger partial charge on any atom is 0.225 e. The first-order valence-corrected chi connectivity index (χ1v) is 5.85. The van der Waals surface area contributed by atoms with Crippen molar-refractivity contribution in [2.45, 2.75) is 19.4 Å². The second-order valence-corrected chi connectivity index (χ2v) is 4.29. The lowest BCUT2D eigenvalue weighted by Crippen LogP contribution is -2.36. The van der Waals surface area contributed by atoms with E-state index in [-0.39, 0.29) is 5.91 Å². The third kappa shape index (κ3) is 2.58. The first-order chi connectivity index (χ1) is 8.22. The van der Waals surface area contributed by atoms with Crippen molar-refractivity contribution in [1.29, 1.82) is 0 Å². The Bertz CT molecular complexity index is 418. The highest BCUT2D eigenvalue weighted by Crippen LogP contribution is 2.24. The Labute approximate surface area is 101 Å². The number of carbonyl (C=O) groups is 1. The van der Waals surface area contributed by atoms with Crippen molar-refractivity contribution >= 4 is 11.6 Å². The quantitative estimate of drug-likeness (QED) is 0.799. The molecule has 4 heteroatoms. The van der Waals surface area contributed by atoms with E-state index in [1.165, 1.54) is 5.56 Å². The molecule has 0 aliphatic carbocycles. The molecule has 17 heavy (non-hydrogen) atoms. The minimum Gasteiger partial charge on any atom is -0.398 e. The van der Waals surface area contributed by atoms with Gasteiger partial charge in [0.1, 0.15) is 0 Å². The van der Waals surface area contributed by atoms with Crippen molar-refractivity contribution < 1.29 is 9.53 Å². The van der Waals surface area contributed by atoms with E-state index in [2.05, 4.69) is 6.07 Å². The molecule has 1 aromatic rings. The van der Waals surface area contributed by atoms with Crippen LogP contribution in [0.2, 0.25) is 0 Å². The van der Waals surface area contributed by atoms with Gasteiger partial charge in [-0.1, -0.05) is 12.1 Å². The van der Waals surface area contributed by atoms with E-state index in [0.29, 0.717) is 19.6 Å². The summed E-state index contributed by atoms with van der Waals surface area (Å²) in [4.78, 5) is 13.7. The summed E-state index contributed by atoms with van der Waals surface area (Å²) in [5.41, 5.74) is 9.09. The molecular formula is C13H18N2O2. The molecule has 0 radical (unpaired) electrons. The third-order valence-electron chi connectivity index (χ3n) is 3.18. The van der Waals surface area contributed by atoms with E-state index < -0.39 is 0 Å². The number of nitrogens with zero attached hydrogens (tertiary/aromatic N) is 1. The molecule has 1 aromatic carbocycles. The van der Waals surface area contributed by atoms with Crippen LogP contribution in [0.5, 0.6) is 0 Å². The average molecular weight is 234 g/mol. The molecule has 2 N–H and O–H groups in total. The minimum atomic E-state index is 0.140. The topological polar surface area (TPSA) is 55.6 Å². The molecule has 1 amide bonds. The number of rotatable bonds is 3. The van der Waals surface area contributed by atoms with Crippen LogP contribution in [-0.4, -0.2) is 31.1 Å². The number of carbonyl (C=O) groups excluding carboxylic acids is 1. The Kier molecular flexibility index (Phi) is 3.64. The molecule has 1 heterocycles. The molecule has 0 spiro atoms. The van der Waals surface area contributed by atoms with Crippen LogP contribution in [-0.2, 0) is 22.5 Å². The fourth-order valence-electron chi connectivity index (χ4n) is 2.17. The van der Waals surface area contributed by atoms with Crippen molar-refractivity contribution in [3.63, 3.8) is 0 Å². The summed E-state index contributed by atoms with van der Waals surface area (Å²) in [5, 5.41) is 0. The lowest BCUT2D eigenvalue weighted by molar-refractivity contribution is -0.133. The predicted molar refractivity (Wildman–Crippen MR) is 66.5 cm³/mol. The lowest BCUT2D eigenvalue weighted by atomic mass is 9.98. The van der Waals surface area contributed by atoms with E-state index in [0.717, 1.165) is 24.2 Å². The third-order valence-corrected chi connectivity index (χ3v) is 3.18. The Hall–Kier alpha value is -1.55. The molecule has 0 fully saturated rings. The van der Waals surface area contributed by atoms with E-state index in [4.69, 9.17) is 10.5 Å². The van der Waals surface area contributed by atoms with E-state index >= 15 is 0 Å². The van der Waals surface area contributed by atoms with Crippen LogP contribution in [0.15, 0.2) is 18.2 Å². The fourth-order valence-corrected chi connectivity index (χ4v) is 2.17.